The minimum absolute atomic E-state index is 0.183. The molecule has 0 unspecified atom stereocenters. The van der Waals surface area contributed by atoms with Crippen LogP contribution in [0.5, 0.6) is 0 Å². The lowest BCUT2D eigenvalue weighted by Crippen LogP contribution is -2.41. The molecule has 0 spiro atoms. The molecule has 1 aromatic carbocycles. The highest BCUT2D eigenvalue weighted by molar-refractivity contribution is 14.1. The van der Waals surface area contributed by atoms with Gasteiger partial charge in [-0.15, -0.1) is 0 Å². The molecule has 98 valence electrons. The van der Waals surface area contributed by atoms with Gasteiger partial charge in [-0.2, -0.15) is 0 Å². The van der Waals surface area contributed by atoms with Crippen molar-refractivity contribution in [3.05, 3.63) is 32.4 Å². The van der Waals surface area contributed by atoms with Crippen LogP contribution in [0.4, 0.5) is 0 Å². The minimum Gasteiger partial charge on any atom is -0.393 e. The zero-order chi connectivity index (χ0) is 13.9. The number of thiocarbonyl (C=S) groups is 1. The summed E-state index contributed by atoms with van der Waals surface area (Å²) in [6.07, 6.45) is 0. The van der Waals surface area contributed by atoms with E-state index < -0.39 is 5.41 Å². The summed E-state index contributed by atoms with van der Waals surface area (Å²) in [5.41, 5.74) is 5.72. The van der Waals surface area contributed by atoms with Crippen LogP contribution >= 0.6 is 46.4 Å². The third-order valence-electron chi connectivity index (χ3n) is 2.54. The molecule has 6 heteroatoms. The molecule has 1 amide bonds. The molecule has 3 nitrogen and oxygen atoms in total. The van der Waals surface area contributed by atoms with Gasteiger partial charge in [0.05, 0.1) is 10.0 Å². The van der Waals surface area contributed by atoms with Gasteiger partial charge in [-0.1, -0.05) is 37.7 Å². The molecule has 0 saturated carbocycles. The number of halogens is 2. The van der Waals surface area contributed by atoms with E-state index in [-0.39, 0.29) is 5.91 Å². The molecule has 0 heterocycles. The molecule has 0 aliphatic heterocycles. The molecule has 0 bridgehead atoms. The lowest BCUT2D eigenvalue weighted by molar-refractivity contribution is 0.0945. The first-order chi connectivity index (χ1) is 8.24. The van der Waals surface area contributed by atoms with Gasteiger partial charge in [-0.3, -0.25) is 4.79 Å². The van der Waals surface area contributed by atoms with Crippen LogP contribution in [-0.4, -0.2) is 17.4 Å². The number of benzene rings is 1. The molecule has 0 atom stereocenters. The monoisotopic (exact) mass is 396 g/mol. The number of hydrogen-bond acceptors (Lipinski definition) is 2. The molecule has 1 rings (SSSR count). The Morgan fingerprint density at radius 1 is 1.56 bits per heavy atom. The van der Waals surface area contributed by atoms with Crippen molar-refractivity contribution >= 4 is 57.3 Å². The van der Waals surface area contributed by atoms with Gasteiger partial charge in [0.2, 0.25) is 0 Å². The Hall–Kier alpha value is -0.400. The average Bonchev–Trinajstić information content (AvgIpc) is 2.29. The van der Waals surface area contributed by atoms with Crippen molar-refractivity contribution in [1.29, 1.82) is 0 Å². The topological polar surface area (TPSA) is 55.1 Å². The predicted octanol–water partition coefficient (Wildman–Crippen LogP) is 2.99. The van der Waals surface area contributed by atoms with Gasteiger partial charge >= 0.3 is 0 Å². The Kier molecular flexibility index (Phi) is 5.36. The Balaban J connectivity index is 2.72. The molecule has 0 aliphatic carbocycles. The number of nitrogens with two attached hydrogens (primary N) is 1. The van der Waals surface area contributed by atoms with Gasteiger partial charge in [0, 0.05) is 21.1 Å². The molecule has 3 N–H and O–H groups in total. The second-order valence-corrected chi connectivity index (χ2v) is 6.57. The van der Waals surface area contributed by atoms with Gasteiger partial charge in [0.15, 0.2) is 0 Å². The molecular weight excluding hydrogens is 383 g/mol. The molecular formula is C12H14ClIN2OS. The summed E-state index contributed by atoms with van der Waals surface area (Å²) in [5.74, 6) is -0.183. The van der Waals surface area contributed by atoms with Gasteiger partial charge in [-0.25, -0.2) is 0 Å². The minimum atomic E-state index is -0.405. The molecule has 0 fully saturated rings. The number of amides is 1. The summed E-state index contributed by atoms with van der Waals surface area (Å²) < 4.78 is 0.911. The van der Waals surface area contributed by atoms with Crippen molar-refractivity contribution in [2.24, 2.45) is 11.1 Å². The quantitative estimate of drug-likeness (QED) is 0.608. The van der Waals surface area contributed by atoms with Crippen LogP contribution in [-0.2, 0) is 0 Å². The summed E-state index contributed by atoms with van der Waals surface area (Å²) in [4.78, 5) is 12.3. The molecule has 0 radical (unpaired) electrons. The summed E-state index contributed by atoms with van der Waals surface area (Å²) in [6.45, 7) is 4.16. The molecule has 1 aromatic rings. The maximum atomic E-state index is 11.9. The first kappa shape index (κ1) is 15.7. The van der Waals surface area contributed by atoms with E-state index in [1.165, 1.54) is 0 Å². The van der Waals surface area contributed by atoms with Crippen LogP contribution in [0.1, 0.15) is 24.2 Å². The van der Waals surface area contributed by atoms with E-state index in [4.69, 9.17) is 29.6 Å². The first-order valence-electron chi connectivity index (χ1n) is 5.27. The highest BCUT2D eigenvalue weighted by atomic mass is 127. The Morgan fingerprint density at radius 2 is 2.17 bits per heavy atom. The number of nitrogens with one attached hydrogen (secondary N) is 1. The summed E-state index contributed by atoms with van der Waals surface area (Å²) in [6, 6.07) is 5.18. The van der Waals surface area contributed by atoms with Crippen LogP contribution in [0, 0.1) is 8.99 Å². The summed E-state index contributed by atoms with van der Waals surface area (Å²) in [7, 11) is 0. The summed E-state index contributed by atoms with van der Waals surface area (Å²) >= 11 is 13.0. The SMILES string of the molecule is CC(C)(CNC(=O)c1ccc(I)c(Cl)c1)C(N)=S. The third kappa shape index (κ3) is 4.07. The van der Waals surface area contributed by atoms with Gasteiger partial charge in [-0.05, 0) is 40.8 Å². The normalized spacial score (nSPS) is 11.1. The van der Waals surface area contributed by atoms with E-state index in [1.807, 2.05) is 13.8 Å². The highest BCUT2D eigenvalue weighted by Crippen LogP contribution is 2.20. The standard InChI is InChI=1S/C12H14ClIN2OS/c1-12(2,11(15)18)6-16-10(17)7-3-4-9(14)8(13)5-7/h3-5H,6H2,1-2H3,(H2,15,18)(H,16,17). The second-order valence-electron chi connectivity index (χ2n) is 4.56. The maximum absolute atomic E-state index is 11.9. The Labute approximate surface area is 131 Å². The van der Waals surface area contributed by atoms with Crippen LogP contribution in [0.2, 0.25) is 5.02 Å². The number of hydrogen-bond donors (Lipinski definition) is 2. The van der Waals surface area contributed by atoms with Crippen molar-refractivity contribution in [3.8, 4) is 0 Å². The van der Waals surface area contributed by atoms with E-state index in [0.717, 1.165) is 3.57 Å². The van der Waals surface area contributed by atoms with Crippen LogP contribution in [0.15, 0.2) is 18.2 Å². The third-order valence-corrected chi connectivity index (χ3v) is 4.66. The van der Waals surface area contributed by atoms with Crippen molar-refractivity contribution in [1.82, 2.24) is 5.32 Å². The average molecular weight is 397 g/mol. The highest BCUT2D eigenvalue weighted by Gasteiger charge is 2.22. The Morgan fingerprint density at radius 3 is 2.67 bits per heavy atom. The fraction of sp³-hybridized carbons (Fsp3) is 0.333. The van der Waals surface area contributed by atoms with Crippen molar-refractivity contribution in [3.63, 3.8) is 0 Å². The fourth-order valence-corrected chi connectivity index (χ4v) is 1.72. The Bertz CT molecular complexity index is 491. The molecule has 18 heavy (non-hydrogen) atoms. The molecule has 0 aliphatic rings. The fourth-order valence-electron chi connectivity index (χ4n) is 1.13. The zero-order valence-electron chi connectivity index (χ0n) is 10.1. The van der Waals surface area contributed by atoms with Gasteiger partial charge in [0.1, 0.15) is 0 Å². The van der Waals surface area contributed by atoms with E-state index in [0.29, 0.717) is 22.1 Å². The number of carbonyl (C=O) groups excluding carboxylic acids is 1. The van der Waals surface area contributed by atoms with Crippen molar-refractivity contribution in [2.45, 2.75) is 13.8 Å². The van der Waals surface area contributed by atoms with E-state index in [9.17, 15) is 4.79 Å². The van der Waals surface area contributed by atoms with Gasteiger partial charge in [0.25, 0.3) is 5.91 Å². The van der Waals surface area contributed by atoms with Crippen LogP contribution in [0.3, 0.4) is 0 Å². The predicted molar refractivity (Wildman–Crippen MR) is 87.1 cm³/mol. The first-order valence-corrected chi connectivity index (χ1v) is 7.13. The van der Waals surface area contributed by atoms with E-state index in [2.05, 4.69) is 27.9 Å². The van der Waals surface area contributed by atoms with Crippen molar-refractivity contribution < 1.29 is 4.79 Å². The maximum Gasteiger partial charge on any atom is 0.251 e. The molecule has 0 saturated heterocycles. The van der Waals surface area contributed by atoms with E-state index in [1.54, 1.807) is 18.2 Å². The lowest BCUT2D eigenvalue weighted by Gasteiger charge is -2.23. The zero-order valence-corrected chi connectivity index (χ0v) is 13.8. The van der Waals surface area contributed by atoms with E-state index >= 15 is 0 Å². The number of rotatable bonds is 4. The summed E-state index contributed by atoms with van der Waals surface area (Å²) in [5, 5.41) is 3.37. The van der Waals surface area contributed by atoms with Gasteiger partial charge < -0.3 is 11.1 Å². The van der Waals surface area contributed by atoms with Crippen LogP contribution < -0.4 is 11.1 Å². The van der Waals surface area contributed by atoms with Crippen LogP contribution in [0.25, 0.3) is 0 Å². The molecule has 0 aromatic heterocycles. The lowest BCUT2D eigenvalue weighted by atomic mass is 9.93. The second kappa shape index (κ2) is 6.16. The smallest absolute Gasteiger partial charge is 0.251 e. The largest absolute Gasteiger partial charge is 0.393 e. The van der Waals surface area contributed by atoms with Crippen molar-refractivity contribution in [2.75, 3.05) is 6.54 Å². The number of carbonyl (C=O) groups is 1.